The predicted molar refractivity (Wildman–Crippen MR) is 90.2 cm³/mol. The van der Waals surface area contributed by atoms with E-state index in [0.717, 1.165) is 17.6 Å². The Hall–Kier alpha value is -2.62. The van der Waals surface area contributed by atoms with Gasteiger partial charge in [0.25, 0.3) is 5.91 Å². The van der Waals surface area contributed by atoms with E-state index in [9.17, 15) is 9.18 Å². The molecule has 0 unspecified atom stereocenters. The first-order valence-electron chi connectivity index (χ1n) is 7.66. The normalized spacial score (nSPS) is 10.9. The lowest BCUT2D eigenvalue weighted by atomic mass is 10.1. The summed E-state index contributed by atoms with van der Waals surface area (Å²) in [5, 5.41) is 4.09. The summed E-state index contributed by atoms with van der Waals surface area (Å²) in [4.78, 5) is 15.4. The fraction of sp³-hybridized carbons (Fsp3) is 0.211. The zero-order valence-electron chi connectivity index (χ0n) is 13.2. The minimum Gasteiger partial charge on any atom is -0.358 e. The molecule has 0 atom stereocenters. The minimum atomic E-state index is -0.341. The second-order valence-corrected chi connectivity index (χ2v) is 5.79. The van der Waals surface area contributed by atoms with Gasteiger partial charge in [-0.1, -0.05) is 11.6 Å². The van der Waals surface area contributed by atoms with Crippen LogP contribution >= 0.6 is 0 Å². The smallest absolute Gasteiger partial charge is 0.251 e. The van der Waals surface area contributed by atoms with Crippen LogP contribution in [0.4, 0.5) is 4.39 Å². The molecule has 23 heavy (non-hydrogen) atoms. The van der Waals surface area contributed by atoms with Crippen LogP contribution in [0.3, 0.4) is 0 Å². The number of amides is 1. The summed E-state index contributed by atoms with van der Waals surface area (Å²) in [5.41, 5.74) is 5.16. The highest BCUT2D eigenvalue weighted by molar-refractivity contribution is 5.94. The highest BCUT2D eigenvalue weighted by Gasteiger charge is 2.10. The molecule has 1 heterocycles. The average Bonchev–Trinajstić information content (AvgIpc) is 2.83. The van der Waals surface area contributed by atoms with Crippen LogP contribution in [0.2, 0.25) is 0 Å². The number of rotatable bonds is 4. The molecule has 3 nitrogen and oxygen atoms in total. The molecular formula is C19H19FN2O. The Bertz CT molecular complexity index is 850. The molecule has 0 bridgehead atoms. The number of carbonyl (C=O) groups is 1. The van der Waals surface area contributed by atoms with Gasteiger partial charge in [0, 0.05) is 28.7 Å². The van der Waals surface area contributed by atoms with Gasteiger partial charge in [0.1, 0.15) is 5.82 Å². The van der Waals surface area contributed by atoms with Crippen LogP contribution < -0.4 is 5.32 Å². The van der Waals surface area contributed by atoms with Gasteiger partial charge >= 0.3 is 0 Å². The lowest BCUT2D eigenvalue weighted by Crippen LogP contribution is -2.25. The predicted octanol–water partition coefficient (Wildman–Crippen LogP) is 3.90. The molecule has 4 heteroatoms. The topological polar surface area (TPSA) is 44.9 Å². The Balaban J connectivity index is 1.69. The molecule has 118 valence electrons. The maximum absolute atomic E-state index is 12.9. The summed E-state index contributed by atoms with van der Waals surface area (Å²) in [7, 11) is 0. The molecule has 1 amide bonds. The van der Waals surface area contributed by atoms with Crippen molar-refractivity contribution in [3.05, 3.63) is 70.7 Å². The number of carbonyl (C=O) groups excluding carboxylic acids is 1. The second kappa shape index (κ2) is 6.24. The highest BCUT2D eigenvalue weighted by Crippen LogP contribution is 2.23. The quantitative estimate of drug-likeness (QED) is 0.754. The number of hydrogen-bond acceptors (Lipinski definition) is 1. The van der Waals surface area contributed by atoms with E-state index in [2.05, 4.69) is 35.4 Å². The van der Waals surface area contributed by atoms with Crippen molar-refractivity contribution in [2.24, 2.45) is 0 Å². The molecular weight excluding hydrogens is 291 g/mol. The fourth-order valence-electron chi connectivity index (χ4n) is 2.82. The van der Waals surface area contributed by atoms with Crippen molar-refractivity contribution in [1.29, 1.82) is 0 Å². The average molecular weight is 310 g/mol. The van der Waals surface area contributed by atoms with E-state index in [1.165, 1.54) is 40.8 Å². The first-order valence-corrected chi connectivity index (χ1v) is 7.66. The summed E-state index contributed by atoms with van der Waals surface area (Å²) in [5.74, 6) is -0.523. The molecule has 3 aromatic rings. The van der Waals surface area contributed by atoms with Crippen molar-refractivity contribution in [3.63, 3.8) is 0 Å². The molecule has 0 fully saturated rings. The Morgan fingerprint density at radius 1 is 1.13 bits per heavy atom. The zero-order valence-corrected chi connectivity index (χ0v) is 13.2. The standard InChI is InChI=1S/C19H19FN2O/c1-12-3-8-18-17(11-12)16(13(2)22-18)9-10-21-19(23)14-4-6-15(20)7-5-14/h3-8,11,22H,9-10H2,1-2H3,(H,21,23). The Morgan fingerprint density at radius 3 is 2.61 bits per heavy atom. The monoisotopic (exact) mass is 310 g/mol. The van der Waals surface area contributed by atoms with E-state index in [1.807, 2.05) is 6.92 Å². The number of halogens is 1. The third kappa shape index (κ3) is 3.26. The molecule has 0 aliphatic carbocycles. The molecule has 0 aliphatic heterocycles. The van der Waals surface area contributed by atoms with Crippen LogP contribution in [0.1, 0.15) is 27.2 Å². The third-order valence-electron chi connectivity index (χ3n) is 4.04. The van der Waals surface area contributed by atoms with Gasteiger partial charge in [-0.3, -0.25) is 4.79 Å². The van der Waals surface area contributed by atoms with Crippen molar-refractivity contribution < 1.29 is 9.18 Å². The number of nitrogens with one attached hydrogen (secondary N) is 2. The van der Waals surface area contributed by atoms with E-state index in [1.54, 1.807) is 0 Å². The number of benzene rings is 2. The number of hydrogen-bond donors (Lipinski definition) is 2. The van der Waals surface area contributed by atoms with Crippen LogP contribution in [0.15, 0.2) is 42.5 Å². The molecule has 0 saturated carbocycles. The van der Waals surface area contributed by atoms with Crippen LogP contribution in [0, 0.1) is 19.7 Å². The van der Waals surface area contributed by atoms with Gasteiger partial charge < -0.3 is 10.3 Å². The number of H-pyrrole nitrogens is 1. The molecule has 1 aromatic heterocycles. The van der Waals surface area contributed by atoms with E-state index in [-0.39, 0.29) is 11.7 Å². The van der Waals surface area contributed by atoms with Gasteiger partial charge in [0.05, 0.1) is 0 Å². The lowest BCUT2D eigenvalue weighted by molar-refractivity contribution is 0.0954. The van der Waals surface area contributed by atoms with E-state index >= 15 is 0 Å². The van der Waals surface area contributed by atoms with Crippen molar-refractivity contribution >= 4 is 16.8 Å². The number of aromatic amines is 1. The maximum atomic E-state index is 12.9. The molecule has 2 aromatic carbocycles. The molecule has 3 rings (SSSR count). The molecule has 0 saturated heterocycles. The molecule has 2 N–H and O–H groups in total. The summed E-state index contributed by atoms with van der Waals surface area (Å²) in [6, 6.07) is 11.9. The highest BCUT2D eigenvalue weighted by atomic mass is 19.1. The van der Waals surface area contributed by atoms with Crippen molar-refractivity contribution in [3.8, 4) is 0 Å². The largest absolute Gasteiger partial charge is 0.358 e. The SMILES string of the molecule is Cc1ccc2[nH]c(C)c(CCNC(=O)c3ccc(F)cc3)c2c1. The van der Waals surface area contributed by atoms with Gasteiger partial charge in [-0.05, 0) is 62.2 Å². The second-order valence-electron chi connectivity index (χ2n) is 5.79. The minimum absolute atomic E-state index is 0.182. The van der Waals surface area contributed by atoms with E-state index < -0.39 is 0 Å². The Morgan fingerprint density at radius 2 is 1.87 bits per heavy atom. The van der Waals surface area contributed by atoms with Crippen molar-refractivity contribution in [1.82, 2.24) is 10.3 Å². The van der Waals surface area contributed by atoms with Gasteiger partial charge in [-0.2, -0.15) is 0 Å². The third-order valence-corrected chi connectivity index (χ3v) is 4.04. The Labute approximate surface area is 134 Å². The molecule has 0 spiro atoms. The van der Waals surface area contributed by atoms with Gasteiger partial charge in [-0.25, -0.2) is 4.39 Å². The Kier molecular flexibility index (Phi) is 4.15. The number of aryl methyl sites for hydroxylation is 2. The first kappa shape index (κ1) is 15.3. The van der Waals surface area contributed by atoms with Gasteiger partial charge in [0.2, 0.25) is 0 Å². The summed E-state index contributed by atoms with van der Waals surface area (Å²) < 4.78 is 12.9. The van der Waals surface area contributed by atoms with Crippen LogP contribution in [-0.2, 0) is 6.42 Å². The molecule has 0 radical (unpaired) electrons. The van der Waals surface area contributed by atoms with Gasteiger partial charge in [-0.15, -0.1) is 0 Å². The van der Waals surface area contributed by atoms with E-state index in [0.29, 0.717) is 12.1 Å². The first-order chi connectivity index (χ1) is 11.0. The summed E-state index contributed by atoms with van der Waals surface area (Å²) in [6.45, 7) is 4.66. The van der Waals surface area contributed by atoms with Gasteiger partial charge in [0.15, 0.2) is 0 Å². The fourth-order valence-corrected chi connectivity index (χ4v) is 2.82. The lowest BCUT2D eigenvalue weighted by Gasteiger charge is -2.06. The summed E-state index contributed by atoms with van der Waals surface area (Å²) in [6.07, 6.45) is 0.752. The van der Waals surface area contributed by atoms with Crippen LogP contribution in [0.25, 0.3) is 10.9 Å². The van der Waals surface area contributed by atoms with Crippen molar-refractivity contribution in [2.45, 2.75) is 20.3 Å². The van der Waals surface area contributed by atoms with Crippen LogP contribution in [-0.4, -0.2) is 17.4 Å². The molecule has 0 aliphatic rings. The maximum Gasteiger partial charge on any atom is 0.251 e. The summed E-state index contributed by atoms with van der Waals surface area (Å²) >= 11 is 0. The number of fused-ring (bicyclic) bond motifs is 1. The zero-order chi connectivity index (χ0) is 16.4. The van der Waals surface area contributed by atoms with Crippen molar-refractivity contribution in [2.75, 3.05) is 6.54 Å². The van der Waals surface area contributed by atoms with E-state index in [4.69, 9.17) is 0 Å². The van der Waals surface area contributed by atoms with Crippen LogP contribution in [0.5, 0.6) is 0 Å². The number of aromatic nitrogens is 1.